The van der Waals surface area contributed by atoms with E-state index in [1.165, 1.54) is 17.7 Å². The first-order chi connectivity index (χ1) is 10.2. The number of hydrogen-bond acceptors (Lipinski definition) is 4. The summed E-state index contributed by atoms with van der Waals surface area (Å²) in [5, 5.41) is 5.26. The van der Waals surface area contributed by atoms with Crippen LogP contribution in [0.2, 0.25) is 5.22 Å². The number of hydrogen-bond donors (Lipinski definition) is 1. The standard InChI is InChI=1S/C15H17ClN2O2S/c16-14-6-5-12(20-14)15(19)17-10-11(13-4-3-9-21-13)18-7-1-2-8-18/h3-6,9,11H,1-2,7-8,10H2,(H,17,19)/t11-/m0/s1. The van der Waals surface area contributed by atoms with Crippen molar-refractivity contribution in [2.75, 3.05) is 19.6 Å². The minimum absolute atomic E-state index is 0.220. The van der Waals surface area contributed by atoms with Crippen molar-refractivity contribution in [1.29, 1.82) is 0 Å². The van der Waals surface area contributed by atoms with Gasteiger partial charge in [-0.05, 0) is 61.1 Å². The number of nitrogens with zero attached hydrogens (tertiary/aromatic N) is 1. The van der Waals surface area contributed by atoms with Crippen molar-refractivity contribution in [3.8, 4) is 0 Å². The number of carbonyl (C=O) groups is 1. The zero-order valence-corrected chi connectivity index (χ0v) is 13.1. The van der Waals surface area contributed by atoms with Gasteiger partial charge in [-0.2, -0.15) is 0 Å². The lowest BCUT2D eigenvalue weighted by Gasteiger charge is -2.26. The molecule has 2 aromatic rings. The molecule has 0 aliphatic carbocycles. The minimum atomic E-state index is -0.220. The third kappa shape index (κ3) is 3.48. The Bertz CT molecular complexity index is 591. The molecule has 112 valence electrons. The molecule has 1 aliphatic heterocycles. The van der Waals surface area contributed by atoms with Gasteiger partial charge < -0.3 is 9.73 Å². The van der Waals surface area contributed by atoms with Crippen molar-refractivity contribution in [2.45, 2.75) is 18.9 Å². The van der Waals surface area contributed by atoms with E-state index in [1.54, 1.807) is 23.5 Å². The second-order valence-electron chi connectivity index (χ2n) is 5.09. The van der Waals surface area contributed by atoms with Gasteiger partial charge >= 0.3 is 0 Å². The van der Waals surface area contributed by atoms with Crippen LogP contribution in [-0.2, 0) is 0 Å². The minimum Gasteiger partial charge on any atom is -0.440 e. The van der Waals surface area contributed by atoms with Gasteiger partial charge in [0.15, 0.2) is 11.0 Å². The second-order valence-corrected chi connectivity index (χ2v) is 6.44. The first-order valence-corrected chi connectivity index (χ1v) is 8.31. The number of likely N-dealkylation sites (tertiary alicyclic amines) is 1. The Kier molecular flexibility index (Phi) is 4.63. The van der Waals surface area contributed by atoms with Crippen molar-refractivity contribution in [2.24, 2.45) is 0 Å². The third-order valence-corrected chi connectivity index (χ3v) is 4.88. The van der Waals surface area contributed by atoms with E-state index in [-0.39, 0.29) is 22.9 Å². The van der Waals surface area contributed by atoms with Crippen molar-refractivity contribution in [3.05, 3.63) is 45.5 Å². The molecule has 3 rings (SSSR count). The van der Waals surface area contributed by atoms with Crippen LogP contribution in [0.5, 0.6) is 0 Å². The maximum atomic E-state index is 12.1. The Hall–Kier alpha value is -1.30. The molecule has 21 heavy (non-hydrogen) atoms. The van der Waals surface area contributed by atoms with Gasteiger partial charge in [-0.25, -0.2) is 0 Å². The largest absolute Gasteiger partial charge is 0.440 e. The number of carbonyl (C=O) groups excluding carboxylic acids is 1. The normalized spacial score (nSPS) is 17.0. The summed E-state index contributed by atoms with van der Waals surface area (Å²) in [5.74, 6) is 0.0361. The van der Waals surface area contributed by atoms with Gasteiger partial charge in [0.05, 0.1) is 6.04 Å². The molecule has 1 aliphatic rings. The predicted octanol–water partition coefficient (Wildman–Crippen LogP) is 3.56. The number of rotatable bonds is 5. The highest BCUT2D eigenvalue weighted by Crippen LogP contribution is 2.28. The van der Waals surface area contributed by atoms with Crippen LogP contribution in [0.1, 0.15) is 34.3 Å². The molecule has 1 amide bonds. The van der Waals surface area contributed by atoms with E-state index in [2.05, 4.69) is 27.7 Å². The van der Waals surface area contributed by atoms with E-state index in [1.807, 2.05) is 0 Å². The van der Waals surface area contributed by atoms with Crippen molar-refractivity contribution < 1.29 is 9.21 Å². The van der Waals surface area contributed by atoms with Gasteiger partial charge in [0.1, 0.15) is 0 Å². The highest BCUT2D eigenvalue weighted by molar-refractivity contribution is 7.10. The van der Waals surface area contributed by atoms with E-state index in [0.29, 0.717) is 6.54 Å². The number of nitrogens with one attached hydrogen (secondary N) is 1. The van der Waals surface area contributed by atoms with Crippen molar-refractivity contribution in [1.82, 2.24) is 10.2 Å². The van der Waals surface area contributed by atoms with E-state index >= 15 is 0 Å². The summed E-state index contributed by atoms with van der Waals surface area (Å²) in [6.45, 7) is 2.76. The summed E-state index contributed by atoms with van der Waals surface area (Å²) < 4.78 is 5.14. The molecule has 1 atom stereocenters. The summed E-state index contributed by atoms with van der Waals surface area (Å²) in [6.07, 6.45) is 2.45. The summed E-state index contributed by atoms with van der Waals surface area (Å²) in [5.41, 5.74) is 0. The van der Waals surface area contributed by atoms with Crippen molar-refractivity contribution in [3.63, 3.8) is 0 Å². The van der Waals surface area contributed by atoms with Gasteiger partial charge in [-0.3, -0.25) is 9.69 Å². The molecule has 0 saturated carbocycles. The van der Waals surface area contributed by atoms with Crippen LogP contribution in [-0.4, -0.2) is 30.4 Å². The molecule has 0 aromatic carbocycles. The SMILES string of the molecule is O=C(NC[C@@H](c1cccs1)N1CCCC1)c1ccc(Cl)o1. The number of halogens is 1. The van der Waals surface area contributed by atoms with Gasteiger partial charge in [-0.1, -0.05) is 6.07 Å². The van der Waals surface area contributed by atoms with Crippen LogP contribution >= 0.6 is 22.9 Å². The molecule has 4 nitrogen and oxygen atoms in total. The summed E-state index contributed by atoms with van der Waals surface area (Å²) in [7, 11) is 0. The number of furan rings is 1. The number of thiophene rings is 1. The fourth-order valence-electron chi connectivity index (χ4n) is 2.66. The topological polar surface area (TPSA) is 45.5 Å². The summed E-state index contributed by atoms with van der Waals surface area (Å²) in [6, 6.07) is 7.59. The average Bonchev–Trinajstić information content (AvgIpc) is 3.21. The highest BCUT2D eigenvalue weighted by atomic mass is 35.5. The fraction of sp³-hybridized carbons (Fsp3) is 0.400. The molecular weight excluding hydrogens is 308 g/mol. The predicted molar refractivity (Wildman–Crippen MR) is 83.9 cm³/mol. The first-order valence-electron chi connectivity index (χ1n) is 7.05. The molecule has 1 N–H and O–H groups in total. The highest BCUT2D eigenvalue weighted by Gasteiger charge is 2.25. The Morgan fingerprint density at radius 1 is 1.38 bits per heavy atom. The third-order valence-electron chi connectivity index (χ3n) is 3.71. The maximum absolute atomic E-state index is 12.1. The van der Waals surface area contributed by atoms with Crippen LogP contribution in [0.3, 0.4) is 0 Å². The zero-order valence-electron chi connectivity index (χ0n) is 11.5. The van der Waals surface area contributed by atoms with Crippen LogP contribution in [0.15, 0.2) is 34.1 Å². The Morgan fingerprint density at radius 3 is 2.81 bits per heavy atom. The van der Waals surface area contributed by atoms with Crippen LogP contribution in [0, 0.1) is 0 Å². The quantitative estimate of drug-likeness (QED) is 0.914. The molecular formula is C15H17ClN2O2S. The molecule has 0 radical (unpaired) electrons. The van der Waals surface area contributed by atoms with E-state index in [4.69, 9.17) is 16.0 Å². The monoisotopic (exact) mass is 324 g/mol. The van der Waals surface area contributed by atoms with E-state index in [9.17, 15) is 4.79 Å². The second kappa shape index (κ2) is 6.64. The van der Waals surface area contributed by atoms with E-state index < -0.39 is 0 Å². The molecule has 1 fully saturated rings. The van der Waals surface area contributed by atoms with Gasteiger partial charge in [0, 0.05) is 11.4 Å². The van der Waals surface area contributed by atoms with Gasteiger partial charge in [0.25, 0.3) is 5.91 Å². The zero-order chi connectivity index (χ0) is 14.7. The molecule has 0 bridgehead atoms. The first kappa shape index (κ1) is 14.6. The molecule has 0 unspecified atom stereocenters. The van der Waals surface area contributed by atoms with Gasteiger partial charge in [0.2, 0.25) is 0 Å². The number of amides is 1. The summed E-state index contributed by atoms with van der Waals surface area (Å²) >= 11 is 7.43. The average molecular weight is 325 g/mol. The molecule has 6 heteroatoms. The molecule has 0 spiro atoms. The smallest absolute Gasteiger partial charge is 0.287 e. The Balaban J connectivity index is 1.66. The van der Waals surface area contributed by atoms with Gasteiger partial charge in [-0.15, -0.1) is 11.3 Å². The van der Waals surface area contributed by atoms with Crippen LogP contribution < -0.4 is 5.32 Å². The molecule has 1 saturated heterocycles. The van der Waals surface area contributed by atoms with Crippen molar-refractivity contribution >= 4 is 28.8 Å². The fourth-order valence-corrected chi connectivity index (χ4v) is 3.66. The van der Waals surface area contributed by atoms with E-state index in [0.717, 1.165) is 13.1 Å². The lowest BCUT2D eigenvalue weighted by Crippen LogP contribution is -2.36. The Morgan fingerprint density at radius 2 is 2.19 bits per heavy atom. The Labute approximate surface area is 132 Å². The van der Waals surface area contributed by atoms with Crippen LogP contribution in [0.25, 0.3) is 0 Å². The molecule has 3 heterocycles. The van der Waals surface area contributed by atoms with Crippen LogP contribution in [0.4, 0.5) is 0 Å². The molecule has 2 aromatic heterocycles. The lowest BCUT2D eigenvalue weighted by molar-refractivity contribution is 0.0911. The summed E-state index contributed by atoms with van der Waals surface area (Å²) in [4.78, 5) is 15.8. The lowest BCUT2D eigenvalue weighted by atomic mass is 10.2. The maximum Gasteiger partial charge on any atom is 0.287 e.